The van der Waals surface area contributed by atoms with Gasteiger partial charge in [-0.1, -0.05) is 109 Å². The number of benzene rings is 7. The molecule has 0 aliphatic rings. The SMILES string of the molecule is Cc1cccc(C)c1-n1c2ccccc2c2cccc(-c3cc(C#N)cc(-c4cccc5c6ccccc6n(-c6c(C)cccc6C)c45)c3C#N)c21. The highest BCUT2D eigenvalue weighted by atomic mass is 15.0. The van der Waals surface area contributed by atoms with Gasteiger partial charge in [-0.15, -0.1) is 0 Å². The molecular weight excluding hydrogens is 633 g/mol. The first-order valence-electron chi connectivity index (χ1n) is 17.6. The van der Waals surface area contributed by atoms with Crippen molar-refractivity contribution in [3.63, 3.8) is 0 Å². The van der Waals surface area contributed by atoms with Gasteiger partial charge in [0.15, 0.2) is 0 Å². The molecule has 246 valence electrons. The Balaban J connectivity index is 1.43. The zero-order valence-corrected chi connectivity index (χ0v) is 29.5. The van der Waals surface area contributed by atoms with Crippen molar-refractivity contribution in [3.8, 4) is 45.8 Å². The Morgan fingerprint density at radius 2 is 0.788 bits per heavy atom. The third kappa shape index (κ3) is 4.45. The zero-order chi connectivity index (χ0) is 35.7. The van der Waals surface area contributed by atoms with E-state index in [1.54, 1.807) is 0 Å². The molecule has 52 heavy (non-hydrogen) atoms. The van der Waals surface area contributed by atoms with Crippen LogP contribution in [0.25, 0.3) is 77.2 Å². The van der Waals surface area contributed by atoms with Gasteiger partial charge in [0.2, 0.25) is 0 Å². The highest BCUT2D eigenvalue weighted by Gasteiger charge is 2.24. The molecule has 0 N–H and O–H groups in total. The Morgan fingerprint density at radius 3 is 1.19 bits per heavy atom. The van der Waals surface area contributed by atoms with Crippen LogP contribution < -0.4 is 0 Å². The van der Waals surface area contributed by atoms with Gasteiger partial charge in [0.25, 0.3) is 0 Å². The van der Waals surface area contributed by atoms with E-state index in [1.165, 1.54) is 0 Å². The summed E-state index contributed by atoms with van der Waals surface area (Å²) in [6, 6.07) is 51.3. The minimum absolute atomic E-state index is 0.502. The third-order valence-corrected chi connectivity index (χ3v) is 10.7. The molecule has 4 heteroatoms. The second-order valence-corrected chi connectivity index (χ2v) is 13.8. The molecule has 7 aromatic carbocycles. The molecule has 0 radical (unpaired) electrons. The minimum atomic E-state index is 0.502. The van der Waals surface area contributed by atoms with Crippen LogP contribution in [0.5, 0.6) is 0 Å². The fourth-order valence-electron chi connectivity index (χ4n) is 8.51. The van der Waals surface area contributed by atoms with Crippen LogP contribution in [0.1, 0.15) is 33.4 Å². The highest BCUT2D eigenvalue weighted by molar-refractivity contribution is 6.16. The van der Waals surface area contributed by atoms with Gasteiger partial charge >= 0.3 is 0 Å². The van der Waals surface area contributed by atoms with Crippen molar-refractivity contribution in [3.05, 3.63) is 167 Å². The number of aromatic nitrogens is 2. The lowest BCUT2D eigenvalue weighted by Gasteiger charge is -2.19. The van der Waals surface area contributed by atoms with E-state index in [0.717, 1.165) is 99.5 Å². The summed E-state index contributed by atoms with van der Waals surface area (Å²) >= 11 is 0. The number of fused-ring (bicyclic) bond motifs is 6. The summed E-state index contributed by atoms with van der Waals surface area (Å²) in [5.74, 6) is 0. The van der Waals surface area contributed by atoms with Gasteiger partial charge in [0.1, 0.15) is 6.07 Å². The largest absolute Gasteiger partial charge is 0.308 e. The predicted octanol–water partition coefficient (Wildman–Crippen LogP) is 12.2. The molecule has 9 rings (SSSR count). The smallest absolute Gasteiger partial charge is 0.100 e. The van der Waals surface area contributed by atoms with E-state index in [1.807, 2.05) is 12.1 Å². The topological polar surface area (TPSA) is 57.4 Å². The molecule has 9 aromatic rings. The summed E-state index contributed by atoms with van der Waals surface area (Å²) in [6.07, 6.45) is 0. The lowest BCUT2D eigenvalue weighted by Crippen LogP contribution is -2.03. The van der Waals surface area contributed by atoms with Crippen molar-refractivity contribution >= 4 is 43.6 Å². The van der Waals surface area contributed by atoms with E-state index in [4.69, 9.17) is 0 Å². The van der Waals surface area contributed by atoms with E-state index in [2.05, 4.69) is 170 Å². The second-order valence-electron chi connectivity index (χ2n) is 13.8. The van der Waals surface area contributed by atoms with Crippen molar-refractivity contribution in [1.82, 2.24) is 9.13 Å². The maximum atomic E-state index is 11.2. The van der Waals surface area contributed by atoms with Gasteiger partial charge < -0.3 is 9.13 Å². The molecule has 0 aliphatic carbocycles. The fraction of sp³-hybridized carbons (Fsp3) is 0.0833. The van der Waals surface area contributed by atoms with Crippen LogP contribution >= 0.6 is 0 Å². The predicted molar refractivity (Wildman–Crippen MR) is 214 cm³/mol. The van der Waals surface area contributed by atoms with Gasteiger partial charge in [-0.25, -0.2) is 0 Å². The van der Waals surface area contributed by atoms with Crippen molar-refractivity contribution in [2.24, 2.45) is 0 Å². The number of hydrogen-bond acceptors (Lipinski definition) is 2. The Labute approximate surface area is 302 Å². The highest BCUT2D eigenvalue weighted by Crippen LogP contribution is 2.45. The molecule has 0 bridgehead atoms. The molecular formula is C48H34N4. The van der Waals surface area contributed by atoms with Crippen molar-refractivity contribution in [2.45, 2.75) is 27.7 Å². The van der Waals surface area contributed by atoms with Crippen LogP contribution in [-0.4, -0.2) is 9.13 Å². The lowest BCUT2D eigenvalue weighted by atomic mass is 9.88. The van der Waals surface area contributed by atoms with Crippen LogP contribution in [0.2, 0.25) is 0 Å². The monoisotopic (exact) mass is 666 g/mol. The van der Waals surface area contributed by atoms with Crippen LogP contribution in [0, 0.1) is 50.4 Å². The molecule has 0 spiro atoms. The van der Waals surface area contributed by atoms with E-state index in [9.17, 15) is 10.5 Å². The Morgan fingerprint density at radius 1 is 0.404 bits per heavy atom. The second kappa shape index (κ2) is 11.9. The van der Waals surface area contributed by atoms with Crippen molar-refractivity contribution < 1.29 is 0 Å². The average molecular weight is 667 g/mol. The molecule has 0 fully saturated rings. The Hall–Kier alpha value is -6.88. The van der Waals surface area contributed by atoms with Crippen LogP contribution in [-0.2, 0) is 0 Å². The number of nitriles is 2. The van der Waals surface area contributed by atoms with E-state index in [-0.39, 0.29) is 0 Å². The van der Waals surface area contributed by atoms with Crippen LogP contribution in [0.4, 0.5) is 0 Å². The number of nitrogens with zero attached hydrogens (tertiary/aromatic N) is 4. The van der Waals surface area contributed by atoms with Crippen molar-refractivity contribution in [2.75, 3.05) is 0 Å². The summed E-state index contributed by atoms with van der Waals surface area (Å²) in [4.78, 5) is 0. The minimum Gasteiger partial charge on any atom is -0.308 e. The number of rotatable bonds is 4. The van der Waals surface area contributed by atoms with Crippen LogP contribution in [0.3, 0.4) is 0 Å². The fourth-order valence-corrected chi connectivity index (χ4v) is 8.51. The Bertz CT molecular complexity index is 2800. The molecule has 4 nitrogen and oxygen atoms in total. The number of aryl methyl sites for hydroxylation is 4. The van der Waals surface area contributed by atoms with Gasteiger partial charge in [-0.05, 0) is 74.2 Å². The number of para-hydroxylation sites is 6. The normalized spacial score (nSPS) is 11.4. The Kier molecular flexibility index (Phi) is 7.11. The average Bonchev–Trinajstić information content (AvgIpc) is 3.67. The van der Waals surface area contributed by atoms with Crippen LogP contribution in [0.15, 0.2) is 133 Å². The van der Waals surface area contributed by atoms with Gasteiger partial charge in [0, 0.05) is 43.8 Å². The molecule has 0 saturated heterocycles. The summed E-state index contributed by atoms with van der Waals surface area (Å²) in [6.45, 7) is 8.60. The van der Waals surface area contributed by atoms with E-state index < -0.39 is 0 Å². The molecule has 0 unspecified atom stereocenters. The molecule has 0 saturated carbocycles. The van der Waals surface area contributed by atoms with Crippen molar-refractivity contribution in [1.29, 1.82) is 10.5 Å². The quantitative estimate of drug-likeness (QED) is 0.188. The molecule has 0 aliphatic heterocycles. The summed E-state index contributed by atoms with van der Waals surface area (Å²) < 4.78 is 4.70. The summed E-state index contributed by atoms with van der Waals surface area (Å²) in [5, 5.41) is 26.3. The first-order valence-corrected chi connectivity index (χ1v) is 17.6. The summed E-state index contributed by atoms with van der Waals surface area (Å²) in [5.41, 5.74) is 15.5. The molecule has 2 aromatic heterocycles. The van der Waals surface area contributed by atoms with E-state index in [0.29, 0.717) is 11.1 Å². The maximum absolute atomic E-state index is 11.2. The first kappa shape index (κ1) is 31.1. The lowest BCUT2D eigenvalue weighted by molar-refractivity contribution is 1.12. The van der Waals surface area contributed by atoms with Gasteiger partial charge in [-0.3, -0.25) is 0 Å². The number of hydrogen-bond donors (Lipinski definition) is 0. The standard InChI is InChI=1S/C48H34N4/c1-29-13-9-14-30(2)45(29)51-43-23-7-5-17-34(43)36-19-11-21-38(47(36)51)40-25-33(27-49)26-41(42(40)28-50)39-22-12-20-37-35-18-6-8-24-44(35)52(48(37)39)46-31(3)15-10-16-32(46)4/h5-26H,1-4H3. The molecule has 0 amide bonds. The third-order valence-electron chi connectivity index (χ3n) is 10.7. The zero-order valence-electron chi connectivity index (χ0n) is 29.5. The summed E-state index contributed by atoms with van der Waals surface area (Å²) in [7, 11) is 0. The van der Waals surface area contributed by atoms with Gasteiger partial charge in [0.05, 0.1) is 50.6 Å². The maximum Gasteiger partial charge on any atom is 0.100 e. The molecule has 2 heterocycles. The first-order chi connectivity index (χ1) is 25.4. The van der Waals surface area contributed by atoms with Gasteiger partial charge in [-0.2, -0.15) is 10.5 Å². The van der Waals surface area contributed by atoms with E-state index >= 15 is 0 Å². The molecule has 0 atom stereocenters.